The molecule has 5 aromatic carbocycles. The second-order valence-electron chi connectivity index (χ2n) is 13.8. The van der Waals surface area contributed by atoms with Crippen LogP contribution < -0.4 is 4.90 Å². The summed E-state index contributed by atoms with van der Waals surface area (Å²) in [5, 5.41) is 0. The van der Waals surface area contributed by atoms with Crippen molar-refractivity contribution < 1.29 is 0 Å². The van der Waals surface area contributed by atoms with E-state index in [2.05, 4.69) is 163 Å². The summed E-state index contributed by atoms with van der Waals surface area (Å²) >= 11 is 0. The van der Waals surface area contributed by atoms with Crippen molar-refractivity contribution in [2.75, 3.05) is 4.90 Å². The van der Waals surface area contributed by atoms with Gasteiger partial charge in [0.05, 0.1) is 5.69 Å². The van der Waals surface area contributed by atoms with E-state index in [9.17, 15) is 0 Å². The van der Waals surface area contributed by atoms with Crippen molar-refractivity contribution in [1.29, 1.82) is 0 Å². The molecule has 1 fully saturated rings. The Labute approximate surface area is 277 Å². The third kappa shape index (κ3) is 4.18. The van der Waals surface area contributed by atoms with Crippen LogP contribution in [-0.4, -0.2) is 6.04 Å². The van der Waals surface area contributed by atoms with Crippen molar-refractivity contribution in [2.45, 2.75) is 37.1 Å². The molecule has 1 nitrogen and oxygen atoms in total. The number of hydrogen-bond acceptors (Lipinski definition) is 1. The van der Waals surface area contributed by atoms with E-state index in [1.807, 2.05) is 0 Å². The van der Waals surface area contributed by atoms with Crippen molar-refractivity contribution >= 4 is 11.4 Å². The monoisotopic (exact) mass is 601 g/mol. The average Bonchev–Trinajstić information content (AvgIpc) is 3.25. The van der Waals surface area contributed by atoms with Gasteiger partial charge in [0.2, 0.25) is 0 Å². The molecule has 1 saturated carbocycles. The molecule has 5 aromatic rings. The number of hydrogen-bond donors (Lipinski definition) is 0. The molecule has 5 unspecified atom stereocenters. The summed E-state index contributed by atoms with van der Waals surface area (Å²) in [6.07, 6.45) is 22.1. The standard InChI is InChI=1S/C46H35N/c1-2-11-30(12-3-1)33-15-8-16-34(27-33)47(35-24-23-31-13-4-5-14-32(31)28-35)36-25-26-38-41-20-10-21-42-43-22-9-19-40(46(43)44(38)29-36)37-17-6-7-18-39(37)45(41)42/h1-22,27,29,31-32,35,37,39H,23-24,28H2. The highest BCUT2D eigenvalue weighted by molar-refractivity contribution is 6.02. The topological polar surface area (TPSA) is 3.24 Å². The van der Waals surface area contributed by atoms with Gasteiger partial charge in [0.25, 0.3) is 0 Å². The average molecular weight is 602 g/mol. The van der Waals surface area contributed by atoms with E-state index in [0.717, 1.165) is 18.5 Å². The van der Waals surface area contributed by atoms with Gasteiger partial charge < -0.3 is 4.90 Å². The highest BCUT2D eigenvalue weighted by Gasteiger charge is 2.38. The fraction of sp³-hybridized carbons (Fsp3) is 0.174. The zero-order valence-electron chi connectivity index (χ0n) is 26.3. The third-order valence-corrected chi connectivity index (χ3v) is 11.3. The number of nitrogens with zero attached hydrogens (tertiary/aromatic N) is 1. The normalized spacial score (nSPS) is 23.6. The van der Waals surface area contributed by atoms with Gasteiger partial charge in [-0.1, -0.05) is 134 Å². The van der Waals surface area contributed by atoms with Crippen LogP contribution in [0.4, 0.5) is 11.4 Å². The van der Waals surface area contributed by atoms with Gasteiger partial charge in [-0.15, -0.1) is 0 Å². The lowest BCUT2D eigenvalue weighted by atomic mass is 9.73. The maximum atomic E-state index is 3.80. The number of rotatable bonds is 4. The smallest absolute Gasteiger partial charge is 0.0936 e. The minimum atomic E-state index is 0.316. The Morgan fingerprint density at radius 3 is 2.21 bits per heavy atom. The summed E-state index contributed by atoms with van der Waals surface area (Å²) in [5.41, 5.74) is 15.5. The molecule has 10 rings (SSSR count). The highest BCUT2D eigenvalue weighted by atomic mass is 15.2. The predicted octanol–water partition coefficient (Wildman–Crippen LogP) is 11.6. The molecule has 0 amide bonds. The summed E-state index contributed by atoms with van der Waals surface area (Å²) in [7, 11) is 0. The van der Waals surface area contributed by atoms with Gasteiger partial charge in [-0.05, 0) is 99.9 Å². The van der Waals surface area contributed by atoms with E-state index in [0.29, 0.717) is 29.7 Å². The summed E-state index contributed by atoms with van der Waals surface area (Å²) in [6, 6.07) is 44.1. The van der Waals surface area contributed by atoms with Crippen LogP contribution in [0.1, 0.15) is 42.2 Å². The van der Waals surface area contributed by atoms with Gasteiger partial charge in [0, 0.05) is 34.7 Å². The fourth-order valence-electron chi connectivity index (χ4n) is 9.24. The van der Waals surface area contributed by atoms with Crippen molar-refractivity contribution in [3.63, 3.8) is 0 Å². The Kier molecular flexibility index (Phi) is 6.06. The molecule has 0 saturated heterocycles. The Bertz CT molecular complexity index is 2160. The molecule has 5 aliphatic rings. The van der Waals surface area contributed by atoms with Crippen LogP contribution in [0.2, 0.25) is 0 Å². The van der Waals surface area contributed by atoms with Gasteiger partial charge in [0.15, 0.2) is 0 Å². The second-order valence-corrected chi connectivity index (χ2v) is 13.8. The molecule has 224 valence electrons. The lowest BCUT2D eigenvalue weighted by molar-refractivity contribution is 0.300. The molecule has 47 heavy (non-hydrogen) atoms. The first-order valence-electron chi connectivity index (χ1n) is 17.2. The van der Waals surface area contributed by atoms with Crippen LogP contribution in [-0.2, 0) is 0 Å². The number of benzene rings is 4. The molecule has 0 aliphatic heterocycles. The Hall–Kier alpha value is -5.32. The zero-order chi connectivity index (χ0) is 30.9. The van der Waals surface area contributed by atoms with Crippen molar-refractivity contribution in [3.05, 3.63) is 169 Å². The molecular formula is C46H35N. The minimum Gasteiger partial charge on any atom is -0.331 e. The van der Waals surface area contributed by atoms with Crippen LogP contribution in [0.3, 0.4) is 0 Å². The Morgan fingerprint density at radius 1 is 0.553 bits per heavy atom. The van der Waals surface area contributed by atoms with E-state index >= 15 is 0 Å². The molecule has 5 aliphatic carbocycles. The Balaban J connectivity index is 1.18. The first-order valence-corrected chi connectivity index (χ1v) is 17.2. The first kappa shape index (κ1) is 26.9. The second kappa shape index (κ2) is 10.6. The third-order valence-electron chi connectivity index (χ3n) is 11.3. The summed E-state index contributed by atoms with van der Waals surface area (Å²) in [6.45, 7) is 0. The van der Waals surface area contributed by atoms with E-state index < -0.39 is 0 Å². The van der Waals surface area contributed by atoms with Crippen molar-refractivity contribution in [3.8, 4) is 44.5 Å². The van der Waals surface area contributed by atoms with Crippen LogP contribution in [0.15, 0.2) is 146 Å². The lowest BCUT2D eigenvalue weighted by Crippen LogP contribution is -2.38. The molecular weight excluding hydrogens is 567 g/mol. The lowest BCUT2D eigenvalue weighted by Gasteiger charge is -2.41. The fourth-order valence-corrected chi connectivity index (χ4v) is 9.24. The van der Waals surface area contributed by atoms with E-state index in [1.165, 1.54) is 67.7 Å². The number of fused-ring (bicyclic) bond motifs is 5. The molecule has 5 atom stereocenters. The molecule has 0 spiro atoms. The van der Waals surface area contributed by atoms with E-state index in [-0.39, 0.29) is 0 Å². The van der Waals surface area contributed by atoms with Crippen LogP contribution in [0, 0.1) is 24.0 Å². The molecule has 0 N–H and O–H groups in total. The first-order chi connectivity index (χ1) is 23.3. The van der Waals surface area contributed by atoms with Gasteiger partial charge in [0.1, 0.15) is 0 Å². The van der Waals surface area contributed by atoms with E-state index in [4.69, 9.17) is 0 Å². The molecule has 6 bridgehead atoms. The van der Waals surface area contributed by atoms with Gasteiger partial charge in [-0.2, -0.15) is 0 Å². The predicted molar refractivity (Wildman–Crippen MR) is 195 cm³/mol. The van der Waals surface area contributed by atoms with Gasteiger partial charge in [-0.25, -0.2) is 0 Å². The minimum absolute atomic E-state index is 0.316. The van der Waals surface area contributed by atoms with Gasteiger partial charge >= 0.3 is 0 Å². The molecule has 0 aromatic heterocycles. The number of anilines is 2. The summed E-state index contributed by atoms with van der Waals surface area (Å²) in [5.74, 6) is 1.83. The van der Waals surface area contributed by atoms with Crippen molar-refractivity contribution in [2.24, 2.45) is 11.8 Å². The highest BCUT2D eigenvalue weighted by Crippen LogP contribution is 2.57. The van der Waals surface area contributed by atoms with E-state index in [1.54, 1.807) is 0 Å². The maximum Gasteiger partial charge on any atom is 0.0936 e. The number of allylic oxidation sites excluding steroid dienone is 8. The van der Waals surface area contributed by atoms with Gasteiger partial charge in [-0.3, -0.25) is 0 Å². The van der Waals surface area contributed by atoms with Crippen molar-refractivity contribution in [1.82, 2.24) is 0 Å². The zero-order valence-corrected chi connectivity index (χ0v) is 26.3. The van der Waals surface area contributed by atoms with Crippen LogP contribution in [0.5, 0.6) is 0 Å². The van der Waals surface area contributed by atoms with Crippen LogP contribution in [0.25, 0.3) is 44.5 Å². The summed E-state index contributed by atoms with van der Waals surface area (Å²) in [4.78, 5) is 2.60. The SMILES string of the molecule is c1c(N(c2cccc(-c3ccccc3)c2)C2CCC3C=CC=CC3C2)cc2c(c#1)-c1cccc3c1C1C=CC=CC1c1cccc-3c1-2. The molecule has 0 radical (unpaired) electrons. The molecule has 1 heteroatoms. The Morgan fingerprint density at radius 2 is 1.30 bits per heavy atom. The quantitative estimate of drug-likeness (QED) is 0.194. The largest absolute Gasteiger partial charge is 0.331 e. The summed E-state index contributed by atoms with van der Waals surface area (Å²) < 4.78 is 0. The van der Waals surface area contributed by atoms with Crippen LogP contribution >= 0.6 is 0 Å². The maximum absolute atomic E-state index is 3.80. The molecule has 0 heterocycles.